The van der Waals surface area contributed by atoms with Crippen molar-refractivity contribution in [2.24, 2.45) is 0 Å². The molecule has 5 nitrogen and oxygen atoms in total. The quantitative estimate of drug-likeness (QED) is 0.540. The Balaban J connectivity index is 2.05. The van der Waals surface area contributed by atoms with Gasteiger partial charge in [0, 0.05) is 12.1 Å². The Bertz CT molecular complexity index is 783. The number of hydrogen-bond acceptors (Lipinski definition) is 3. The van der Waals surface area contributed by atoms with E-state index in [0.717, 1.165) is 18.4 Å². The lowest BCUT2D eigenvalue weighted by Gasteiger charge is -2.12. The third kappa shape index (κ3) is 6.45. The van der Waals surface area contributed by atoms with Gasteiger partial charge in [-0.25, -0.2) is 0 Å². The van der Waals surface area contributed by atoms with Crippen LogP contribution in [0.1, 0.15) is 42.1 Å². The molecule has 0 radical (unpaired) electrons. The van der Waals surface area contributed by atoms with Gasteiger partial charge >= 0.3 is 5.97 Å². The van der Waals surface area contributed by atoms with E-state index in [-0.39, 0.29) is 22.0 Å². The molecule has 7 heteroatoms. The van der Waals surface area contributed by atoms with Crippen molar-refractivity contribution in [3.8, 4) is 5.75 Å². The zero-order valence-electron chi connectivity index (χ0n) is 14.9. The third-order valence-electron chi connectivity index (χ3n) is 3.85. The molecule has 0 fully saturated rings. The molecule has 0 atom stereocenters. The van der Waals surface area contributed by atoms with Crippen LogP contribution >= 0.6 is 23.2 Å². The Hall–Kier alpha value is -2.24. The second-order valence-corrected chi connectivity index (χ2v) is 6.82. The first-order chi connectivity index (χ1) is 12.9. The lowest BCUT2D eigenvalue weighted by Crippen LogP contribution is -2.13. The maximum Gasteiger partial charge on any atom is 0.303 e. The SMILES string of the molecule is CCCCOc1cc(Cl)c(C(=O)Nc2ccc(CCC(=O)O)cc2)c(Cl)c1. The Kier molecular flexibility index (Phi) is 7.95. The van der Waals surface area contributed by atoms with Crippen LogP contribution in [-0.2, 0) is 11.2 Å². The second-order valence-electron chi connectivity index (χ2n) is 6.01. The van der Waals surface area contributed by atoms with Crippen molar-refractivity contribution in [1.82, 2.24) is 0 Å². The van der Waals surface area contributed by atoms with Crippen LogP contribution in [0.5, 0.6) is 5.75 Å². The van der Waals surface area contributed by atoms with Crippen molar-refractivity contribution in [3.05, 3.63) is 57.6 Å². The Morgan fingerprint density at radius 3 is 2.30 bits per heavy atom. The first kappa shape index (κ1) is 21.1. The summed E-state index contributed by atoms with van der Waals surface area (Å²) < 4.78 is 5.57. The lowest BCUT2D eigenvalue weighted by molar-refractivity contribution is -0.136. The molecule has 2 N–H and O–H groups in total. The molecule has 0 aliphatic rings. The van der Waals surface area contributed by atoms with Crippen molar-refractivity contribution < 1.29 is 19.4 Å². The molecule has 0 bridgehead atoms. The van der Waals surface area contributed by atoms with Crippen LogP contribution in [0.4, 0.5) is 5.69 Å². The summed E-state index contributed by atoms with van der Waals surface area (Å²) in [5.41, 5.74) is 1.62. The fourth-order valence-corrected chi connectivity index (χ4v) is 3.02. The maximum absolute atomic E-state index is 12.5. The van der Waals surface area contributed by atoms with Gasteiger partial charge in [-0.3, -0.25) is 9.59 Å². The molecule has 0 aliphatic carbocycles. The Morgan fingerprint density at radius 1 is 1.11 bits per heavy atom. The second kappa shape index (κ2) is 10.2. The number of aryl methyl sites for hydroxylation is 1. The van der Waals surface area contributed by atoms with Crippen molar-refractivity contribution in [3.63, 3.8) is 0 Å². The van der Waals surface area contributed by atoms with E-state index in [1.54, 1.807) is 36.4 Å². The summed E-state index contributed by atoms with van der Waals surface area (Å²) in [4.78, 5) is 23.1. The number of unbranched alkanes of at least 4 members (excludes halogenated alkanes) is 1. The number of hydrogen-bond donors (Lipinski definition) is 2. The molecular formula is C20H21Cl2NO4. The van der Waals surface area contributed by atoms with Crippen molar-refractivity contribution in [1.29, 1.82) is 0 Å². The summed E-state index contributed by atoms with van der Waals surface area (Å²) in [5.74, 6) is -0.750. The molecule has 0 aliphatic heterocycles. The zero-order valence-corrected chi connectivity index (χ0v) is 16.4. The number of anilines is 1. The molecule has 0 aromatic heterocycles. The normalized spacial score (nSPS) is 10.5. The number of aliphatic carboxylic acids is 1. The zero-order chi connectivity index (χ0) is 19.8. The molecule has 0 unspecified atom stereocenters. The number of nitrogens with one attached hydrogen (secondary N) is 1. The molecule has 2 rings (SSSR count). The molecule has 144 valence electrons. The minimum atomic E-state index is -0.848. The minimum absolute atomic E-state index is 0.0591. The molecule has 2 aromatic rings. The van der Waals surface area contributed by atoms with Gasteiger partial charge in [0.25, 0.3) is 5.91 Å². The van der Waals surface area contributed by atoms with Gasteiger partial charge in [0.1, 0.15) is 5.75 Å². The molecular weight excluding hydrogens is 389 g/mol. The molecule has 27 heavy (non-hydrogen) atoms. The molecule has 0 saturated carbocycles. The molecule has 0 saturated heterocycles. The van der Waals surface area contributed by atoms with Gasteiger partial charge < -0.3 is 15.2 Å². The fraction of sp³-hybridized carbons (Fsp3) is 0.300. The van der Waals surface area contributed by atoms with E-state index >= 15 is 0 Å². The monoisotopic (exact) mass is 409 g/mol. The first-order valence-electron chi connectivity index (χ1n) is 8.64. The third-order valence-corrected chi connectivity index (χ3v) is 4.44. The van der Waals surface area contributed by atoms with Crippen LogP contribution in [0, 0.1) is 0 Å². The number of rotatable bonds is 9. The Labute approximate surface area is 168 Å². The molecule has 0 heterocycles. The number of ether oxygens (including phenoxy) is 1. The number of carboxylic acids is 1. The van der Waals surface area contributed by atoms with E-state index in [1.807, 2.05) is 0 Å². The first-order valence-corrected chi connectivity index (χ1v) is 9.40. The van der Waals surface area contributed by atoms with Crippen molar-refractivity contribution in [2.45, 2.75) is 32.6 Å². The number of carbonyl (C=O) groups excluding carboxylic acids is 1. The van der Waals surface area contributed by atoms with Gasteiger partial charge in [0.15, 0.2) is 0 Å². The summed E-state index contributed by atoms with van der Waals surface area (Å²) in [5, 5.41) is 11.9. The van der Waals surface area contributed by atoms with Crippen LogP contribution in [0.25, 0.3) is 0 Å². The average molecular weight is 410 g/mol. The highest BCUT2D eigenvalue weighted by Crippen LogP contribution is 2.31. The van der Waals surface area contributed by atoms with E-state index < -0.39 is 11.9 Å². The summed E-state index contributed by atoms with van der Waals surface area (Å²) >= 11 is 12.4. The maximum atomic E-state index is 12.5. The van der Waals surface area contributed by atoms with Crippen LogP contribution < -0.4 is 10.1 Å². The number of halogens is 2. The van der Waals surface area contributed by atoms with Gasteiger partial charge in [-0.15, -0.1) is 0 Å². The highest BCUT2D eigenvalue weighted by molar-refractivity contribution is 6.40. The van der Waals surface area contributed by atoms with E-state index in [9.17, 15) is 9.59 Å². The van der Waals surface area contributed by atoms with Crippen molar-refractivity contribution in [2.75, 3.05) is 11.9 Å². The lowest BCUT2D eigenvalue weighted by atomic mass is 10.1. The van der Waals surface area contributed by atoms with Gasteiger partial charge in [-0.05, 0) is 42.7 Å². The summed E-state index contributed by atoms with van der Waals surface area (Å²) in [6.45, 7) is 2.62. The van der Waals surface area contributed by atoms with E-state index in [4.69, 9.17) is 33.0 Å². The topological polar surface area (TPSA) is 75.6 Å². The van der Waals surface area contributed by atoms with Gasteiger partial charge in [0.2, 0.25) is 0 Å². The number of amides is 1. The van der Waals surface area contributed by atoms with E-state index in [0.29, 0.717) is 24.5 Å². The Morgan fingerprint density at radius 2 is 1.74 bits per heavy atom. The summed E-state index contributed by atoms with van der Waals surface area (Å²) in [7, 11) is 0. The summed E-state index contributed by atoms with van der Waals surface area (Å²) in [6.07, 6.45) is 2.42. The predicted molar refractivity (Wildman–Crippen MR) is 107 cm³/mol. The van der Waals surface area contributed by atoms with Gasteiger partial charge in [0.05, 0.1) is 22.2 Å². The molecule has 0 spiro atoms. The van der Waals surface area contributed by atoms with Crippen LogP contribution in [-0.4, -0.2) is 23.6 Å². The smallest absolute Gasteiger partial charge is 0.303 e. The van der Waals surface area contributed by atoms with E-state index in [1.165, 1.54) is 0 Å². The molecule has 2 aromatic carbocycles. The highest BCUT2D eigenvalue weighted by atomic mass is 35.5. The standard InChI is InChI=1S/C20H21Cl2NO4/c1-2-3-10-27-15-11-16(21)19(17(22)12-15)20(26)23-14-7-4-13(5-8-14)6-9-18(24)25/h4-5,7-8,11-12H,2-3,6,9-10H2,1H3,(H,23,26)(H,24,25). The fourth-order valence-electron chi connectivity index (χ4n) is 2.38. The van der Waals surface area contributed by atoms with Crippen LogP contribution in [0.15, 0.2) is 36.4 Å². The average Bonchev–Trinajstić information content (AvgIpc) is 2.60. The number of carbonyl (C=O) groups is 2. The highest BCUT2D eigenvalue weighted by Gasteiger charge is 2.17. The minimum Gasteiger partial charge on any atom is -0.493 e. The van der Waals surface area contributed by atoms with Crippen LogP contribution in [0.2, 0.25) is 10.0 Å². The van der Waals surface area contributed by atoms with Crippen LogP contribution in [0.3, 0.4) is 0 Å². The van der Waals surface area contributed by atoms with Gasteiger partial charge in [-0.2, -0.15) is 0 Å². The summed E-state index contributed by atoms with van der Waals surface area (Å²) in [6, 6.07) is 10.1. The van der Waals surface area contributed by atoms with E-state index in [2.05, 4.69) is 12.2 Å². The largest absolute Gasteiger partial charge is 0.493 e. The molecule has 1 amide bonds. The van der Waals surface area contributed by atoms with Gasteiger partial charge in [-0.1, -0.05) is 48.7 Å². The number of benzene rings is 2. The predicted octanol–water partition coefficient (Wildman–Crippen LogP) is 5.44. The van der Waals surface area contributed by atoms with Crippen molar-refractivity contribution >= 4 is 40.8 Å². The number of carboxylic acid groups (broad SMARTS) is 1.